The number of nitrogens with one attached hydrogen (secondary N) is 1. The molecule has 1 heterocycles. The summed E-state index contributed by atoms with van der Waals surface area (Å²) in [5, 5.41) is 3.61. The second-order valence-electron chi connectivity index (χ2n) is 5.33. The summed E-state index contributed by atoms with van der Waals surface area (Å²) in [5.41, 5.74) is 2.81. The van der Waals surface area contributed by atoms with Gasteiger partial charge in [0.05, 0.1) is 0 Å². The first-order chi connectivity index (χ1) is 9.83. The number of nitrogens with zero attached hydrogens (tertiary/aromatic N) is 1. The van der Waals surface area contributed by atoms with Crippen molar-refractivity contribution in [3.8, 4) is 0 Å². The second-order valence-corrected chi connectivity index (χ2v) is 5.33. The lowest BCUT2D eigenvalue weighted by atomic mass is 10.1. The maximum atomic E-state index is 3.61. The average molecular weight is 270 g/mol. The Morgan fingerprint density at radius 3 is 2.60 bits per heavy atom. The predicted molar refractivity (Wildman–Crippen MR) is 85.9 cm³/mol. The first-order valence-electron chi connectivity index (χ1n) is 7.76. The van der Waals surface area contributed by atoms with E-state index in [2.05, 4.69) is 72.5 Å². The van der Waals surface area contributed by atoms with Gasteiger partial charge < -0.3 is 9.88 Å². The summed E-state index contributed by atoms with van der Waals surface area (Å²) in [6, 6.07) is 13.4. The number of hydrogen-bond donors (Lipinski definition) is 1. The van der Waals surface area contributed by atoms with Gasteiger partial charge in [0.15, 0.2) is 0 Å². The van der Waals surface area contributed by atoms with E-state index in [4.69, 9.17) is 0 Å². The fourth-order valence-electron chi connectivity index (χ4n) is 2.52. The predicted octanol–water partition coefficient (Wildman–Crippen LogP) is 4.18. The van der Waals surface area contributed by atoms with Crippen molar-refractivity contribution in [2.75, 3.05) is 6.54 Å². The molecule has 0 saturated carbocycles. The van der Waals surface area contributed by atoms with Crippen LogP contribution in [0.25, 0.3) is 0 Å². The smallest absolute Gasteiger partial charge is 0.0332 e. The molecule has 1 atom stereocenters. The van der Waals surface area contributed by atoms with E-state index < -0.39 is 0 Å². The zero-order valence-corrected chi connectivity index (χ0v) is 12.7. The Morgan fingerprint density at radius 2 is 1.90 bits per heavy atom. The molecular formula is C18H26N2. The monoisotopic (exact) mass is 270 g/mol. The van der Waals surface area contributed by atoms with Crippen LogP contribution in [0, 0.1) is 0 Å². The minimum atomic E-state index is 0.493. The van der Waals surface area contributed by atoms with Gasteiger partial charge in [-0.05, 0) is 43.0 Å². The molecule has 1 aromatic heterocycles. The van der Waals surface area contributed by atoms with Crippen molar-refractivity contribution in [3.05, 3.63) is 59.9 Å². The van der Waals surface area contributed by atoms with Crippen molar-refractivity contribution >= 4 is 0 Å². The molecule has 0 radical (unpaired) electrons. The lowest BCUT2D eigenvalue weighted by molar-refractivity contribution is 0.517. The number of benzene rings is 1. The molecule has 0 bridgehead atoms. The molecule has 0 amide bonds. The van der Waals surface area contributed by atoms with Gasteiger partial charge in [0.2, 0.25) is 0 Å². The molecule has 2 nitrogen and oxygen atoms in total. The van der Waals surface area contributed by atoms with Crippen LogP contribution >= 0.6 is 0 Å². The molecule has 0 aliphatic heterocycles. The topological polar surface area (TPSA) is 17.0 Å². The summed E-state index contributed by atoms with van der Waals surface area (Å²) in [7, 11) is 0. The molecular weight excluding hydrogens is 244 g/mol. The highest BCUT2D eigenvalue weighted by atomic mass is 15.0. The maximum absolute atomic E-state index is 3.61. The fourth-order valence-corrected chi connectivity index (χ4v) is 2.52. The van der Waals surface area contributed by atoms with Crippen molar-refractivity contribution in [1.82, 2.24) is 9.88 Å². The zero-order chi connectivity index (χ0) is 14.2. The Morgan fingerprint density at radius 1 is 1.10 bits per heavy atom. The molecule has 20 heavy (non-hydrogen) atoms. The van der Waals surface area contributed by atoms with E-state index in [9.17, 15) is 0 Å². The third-order valence-electron chi connectivity index (χ3n) is 3.73. The minimum Gasteiger partial charge on any atom is -0.354 e. The molecule has 0 aliphatic carbocycles. The van der Waals surface area contributed by atoms with Crippen LogP contribution in [-0.4, -0.2) is 11.1 Å². The van der Waals surface area contributed by atoms with E-state index in [1.165, 1.54) is 17.5 Å². The molecule has 1 N–H and O–H groups in total. The van der Waals surface area contributed by atoms with Crippen LogP contribution < -0.4 is 5.32 Å². The first kappa shape index (κ1) is 14.9. The fraction of sp³-hybridized carbons (Fsp3) is 0.444. The van der Waals surface area contributed by atoms with Crippen LogP contribution in [0.4, 0.5) is 0 Å². The Labute approximate surface area is 122 Å². The van der Waals surface area contributed by atoms with Gasteiger partial charge in [-0.2, -0.15) is 0 Å². The molecule has 0 fully saturated rings. The van der Waals surface area contributed by atoms with E-state index in [1.54, 1.807) is 0 Å². The number of aromatic nitrogens is 1. The van der Waals surface area contributed by atoms with Gasteiger partial charge in [-0.1, -0.05) is 44.2 Å². The van der Waals surface area contributed by atoms with Gasteiger partial charge in [-0.3, -0.25) is 0 Å². The number of hydrogen-bond acceptors (Lipinski definition) is 1. The van der Waals surface area contributed by atoms with Crippen LogP contribution in [0.1, 0.15) is 43.9 Å². The molecule has 2 heteroatoms. The Balaban J connectivity index is 1.91. The standard InChI is InChI=1S/C18H26N2/c1-3-12-19-18(4-2)17-11-14-20(15-17)13-10-16-8-6-5-7-9-16/h5-9,11,14-15,18-19H,3-4,10,12-13H2,1-2H3. The van der Waals surface area contributed by atoms with Gasteiger partial charge in [-0.25, -0.2) is 0 Å². The molecule has 0 saturated heterocycles. The molecule has 1 unspecified atom stereocenters. The summed E-state index contributed by atoms with van der Waals surface area (Å²) in [6.07, 6.45) is 7.91. The van der Waals surface area contributed by atoms with Gasteiger partial charge in [-0.15, -0.1) is 0 Å². The highest BCUT2D eigenvalue weighted by molar-refractivity contribution is 5.17. The number of rotatable bonds is 8. The Kier molecular flexibility index (Phi) is 5.87. The van der Waals surface area contributed by atoms with Gasteiger partial charge in [0.1, 0.15) is 0 Å². The van der Waals surface area contributed by atoms with E-state index >= 15 is 0 Å². The van der Waals surface area contributed by atoms with Crippen molar-refractivity contribution in [2.24, 2.45) is 0 Å². The first-order valence-corrected chi connectivity index (χ1v) is 7.76. The van der Waals surface area contributed by atoms with Crippen molar-refractivity contribution in [3.63, 3.8) is 0 Å². The van der Waals surface area contributed by atoms with Crippen molar-refractivity contribution < 1.29 is 0 Å². The summed E-state index contributed by atoms with van der Waals surface area (Å²) >= 11 is 0. The van der Waals surface area contributed by atoms with E-state index in [1.807, 2.05) is 0 Å². The SMILES string of the molecule is CCCNC(CC)c1ccn(CCc2ccccc2)c1. The lowest BCUT2D eigenvalue weighted by Gasteiger charge is -2.15. The highest BCUT2D eigenvalue weighted by Gasteiger charge is 2.09. The van der Waals surface area contributed by atoms with E-state index in [0.29, 0.717) is 6.04 Å². The third-order valence-corrected chi connectivity index (χ3v) is 3.73. The van der Waals surface area contributed by atoms with Crippen LogP contribution in [0.3, 0.4) is 0 Å². The Hall–Kier alpha value is -1.54. The summed E-state index contributed by atoms with van der Waals surface area (Å²) in [5.74, 6) is 0. The van der Waals surface area contributed by atoms with E-state index in [0.717, 1.165) is 25.9 Å². The molecule has 2 rings (SSSR count). The zero-order valence-electron chi connectivity index (χ0n) is 12.7. The molecule has 0 aliphatic rings. The van der Waals surface area contributed by atoms with Crippen LogP contribution in [0.15, 0.2) is 48.8 Å². The lowest BCUT2D eigenvalue weighted by Crippen LogP contribution is -2.21. The molecule has 2 aromatic rings. The maximum Gasteiger partial charge on any atom is 0.0332 e. The summed E-state index contributed by atoms with van der Waals surface area (Å²) in [4.78, 5) is 0. The van der Waals surface area contributed by atoms with Crippen LogP contribution in [0.2, 0.25) is 0 Å². The second kappa shape index (κ2) is 7.91. The molecule has 1 aromatic carbocycles. The summed E-state index contributed by atoms with van der Waals surface area (Å²) < 4.78 is 2.30. The highest BCUT2D eigenvalue weighted by Crippen LogP contribution is 2.17. The largest absolute Gasteiger partial charge is 0.354 e. The number of aryl methyl sites for hydroxylation is 2. The van der Waals surface area contributed by atoms with Crippen LogP contribution in [-0.2, 0) is 13.0 Å². The van der Waals surface area contributed by atoms with Gasteiger partial charge in [0, 0.05) is 25.0 Å². The summed E-state index contributed by atoms with van der Waals surface area (Å²) in [6.45, 7) is 6.60. The van der Waals surface area contributed by atoms with Crippen molar-refractivity contribution in [2.45, 2.75) is 45.7 Å². The molecule has 0 spiro atoms. The van der Waals surface area contributed by atoms with Gasteiger partial charge in [0.25, 0.3) is 0 Å². The Bertz CT molecular complexity index is 487. The molecule has 108 valence electrons. The average Bonchev–Trinajstić information content (AvgIpc) is 2.96. The van der Waals surface area contributed by atoms with Gasteiger partial charge >= 0.3 is 0 Å². The van der Waals surface area contributed by atoms with Crippen molar-refractivity contribution in [1.29, 1.82) is 0 Å². The quantitative estimate of drug-likeness (QED) is 0.761. The normalized spacial score (nSPS) is 12.5. The minimum absolute atomic E-state index is 0.493. The third kappa shape index (κ3) is 4.24. The van der Waals surface area contributed by atoms with E-state index in [-0.39, 0.29) is 0 Å². The van der Waals surface area contributed by atoms with Crippen LogP contribution in [0.5, 0.6) is 0 Å².